The van der Waals surface area contributed by atoms with Crippen LogP contribution in [0.3, 0.4) is 0 Å². The highest BCUT2D eigenvalue weighted by Crippen LogP contribution is 2.26. The summed E-state index contributed by atoms with van der Waals surface area (Å²) in [5, 5.41) is 3.18. The molecule has 4 rings (SSSR count). The Balaban J connectivity index is 1.50. The van der Waals surface area contributed by atoms with Crippen LogP contribution in [0.15, 0.2) is 29.1 Å². The van der Waals surface area contributed by atoms with Crippen molar-refractivity contribution in [1.29, 1.82) is 0 Å². The number of rotatable bonds is 2. The van der Waals surface area contributed by atoms with E-state index in [-0.39, 0.29) is 11.9 Å². The van der Waals surface area contributed by atoms with Gasteiger partial charge in [0.05, 0.1) is 5.56 Å². The van der Waals surface area contributed by atoms with E-state index in [0.29, 0.717) is 5.56 Å². The molecule has 3 atom stereocenters. The van der Waals surface area contributed by atoms with E-state index in [4.69, 9.17) is 0 Å². The summed E-state index contributed by atoms with van der Waals surface area (Å²) in [6, 6.07) is 3.99. The highest BCUT2D eigenvalue weighted by Gasteiger charge is 2.32. The third-order valence-corrected chi connectivity index (χ3v) is 4.87. The zero-order chi connectivity index (χ0) is 14.4. The van der Waals surface area contributed by atoms with Gasteiger partial charge in [-0.1, -0.05) is 0 Å². The van der Waals surface area contributed by atoms with Gasteiger partial charge in [-0.3, -0.25) is 4.79 Å². The number of fused-ring (bicyclic) bond motifs is 3. The molecule has 1 N–H and O–H groups in total. The van der Waals surface area contributed by atoms with E-state index in [1.165, 1.54) is 19.5 Å². The van der Waals surface area contributed by atoms with Crippen molar-refractivity contribution < 1.29 is 4.79 Å². The molecule has 0 radical (unpaired) electrons. The average molecular weight is 349 g/mol. The first kappa shape index (κ1) is 13.3. The molecule has 2 saturated heterocycles. The molecular weight excluding hydrogens is 332 g/mol. The maximum atomic E-state index is 12.4. The Morgan fingerprint density at radius 1 is 1.33 bits per heavy atom. The Labute approximate surface area is 131 Å². The second-order valence-corrected chi connectivity index (χ2v) is 6.88. The molecule has 5 nitrogen and oxygen atoms in total. The highest BCUT2D eigenvalue weighted by molar-refractivity contribution is 9.10. The number of pyridine rings is 1. The van der Waals surface area contributed by atoms with E-state index < -0.39 is 0 Å². The molecule has 6 heteroatoms. The molecule has 1 amide bonds. The normalized spacial score (nSPS) is 28.0. The Hall–Kier alpha value is -1.40. The average Bonchev–Trinajstić information content (AvgIpc) is 2.99. The summed E-state index contributed by atoms with van der Waals surface area (Å²) in [6.45, 7) is 3.38. The van der Waals surface area contributed by atoms with Crippen molar-refractivity contribution in [1.82, 2.24) is 19.6 Å². The summed E-state index contributed by atoms with van der Waals surface area (Å²) in [7, 11) is 0. The molecule has 2 aromatic heterocycles. The van der Waals surface area contributed by atoms with Crippen LogP contribution in [0.5, 0.6) is 0 Å². The summed E-state index contributed by atoms with van der Waals surface area (Å²) in [5.74, 6) is 0.769. The van der Waals surface area contributed by atoms with Crippen LogP contribution in [0.2, 0.25) is 0 Å². The minimum absolute atomic E-state index is 0.00854. The smallest absolute Gasteiger partial charge is 0.253 e. The molecule has 110 valence electrons. The molecule has 2 aliphatic heterocycles. The van der Waals surface area contributed by atoms with Gasteiger partial charge < -0.3 is 14.6 Å². The van der Waals surface area contributed by atoms with E-state index in [2.05, 4.69) is 31.1 Å². The molecule has 2 aromatic rings. The zero-order valence-electron chi connectivity index (χ0n) is 11.6. The van der Waals surface area contributed by atoms with Crippen LogP contribution in [0.4, 0.5) is 0 Å². The molecule has 0 saturated carbocycles. The maximum Gasteiger partial charge on any atom is 0.253 e. The van der Waals surface area contributed by atoms with E-state index in [1.54, 1.807) is 0 Å². The number of imidazole rings is 1. The number of amides is 1. The first-order chi connectivity index (χ1) is 10.2. The van der Waals surface area contributed by atoms with Gasteiger partial charge in [-0.05, 0) is 53.4 Å². The van der Waals surface area contributed by atoms with Crippen LogP contribution in [0, 0.1) is 5.92 Å². The van der Waals surface area contributed by atoms with Crippen molar-refractivity contribution in [2.75, 3.05) is 19.6 Å². The number of aromatic nitrogens is 2. The number of nitrogens with zero attached hydrogens (tertiary/aromatic N) is 3. The van der Waals surface area contributed by atoms with E-state index in [0.717, 1.165) is 29.1 Å². The largest absolute Gasteiger partial charge is 0.348 e. The molecule has 1 unspecified atom stereocenters. The van der Waals surface area contributed by atoms with Gasteiger partial charge in [-0.25, -0.2) is 4.98 Å². The lowest BCUT2D eigenvalue weighted by atomic mass is 9.96. The van der Waals surface area contributed by atoms with Crippen LogP contribution in [0.1, 0.15) is 23.2 Å². The van der Waals surface area contributed by atoms with Crippen LogP contribution in [-0.2, 0) is 0 Å². The predicted octanol–water partition coefficient (Wildman–Crippen LogP) is 1.92. The molecule has 2 bridgehead atoms. The molecule has 21 heavy (non-hydrogen) atoms. The van der Waals surface area contributed by atoms with Crippen molar-refractivity contribution in [3.8, 4) is 0 Å². The summed E-state index contributed by atoms with van der Waals surface area (Å²) in [4.78, 5) is 19.2. The standard InChI is InChI=1S/C15H17BrN4O/c16-13-9-20-7-11(1-2-14(20)18-13)15(21)17-12-5-10-3-4-19(6-10)8-12/h1-2,7,9-10,12H,3-6,8H2,(H,17,21)/t10-,12+/m0/s1. The fourth-order valence-corrected chi connectivity index (χ4v) is 3.93. The fourth-order valence-electron chi connectivity index (χ4n) is 3.53. The van der Waals surface area contributed by atoms with E-state index in [1.807, 2.05) is 28.9 Å². The van der Waals surface area contributed by atoms with Gasteiger partial charge in [0.25, 0.3) is 5.91 Å². The minimum atomic E-state index is 0.00854. The molecule has 0 spiro atoms. The van der Waals surface area contributed by atoms with E-state index in [9.17, 15) is 4.79 Å². The lowest BCUT2D eigenvalue weighted by Crippen LogP contribution is -2.47. The Kier molecular flexibility index (Phi) is 3.23. The number of hydrogen-bond donors (Lipinski definition) is 1. The van der Waals surface area contributed by atoms with Gasteiger partial charge in [0.1, 0.15) is 10.3 Å². The number of piperidine rings is 1. The maximum absolute atomic E-state index is 12.4. The van der Waals surface area contributed by atoms with Gasteiger partial charge in [-0.2, -0.15) is 0 Å². The summed E-state index contributed by atoms with van der Waals surface area (Å²) >= 11 is 3.35. The molecule has 4 heterocycles. The van der Waals surface area contributed by atoms with Crippen LogP contribution in [0.25, 0.3) is 5.65 Å². The number of carbonyl (C=O) groups excluding carboxylic acids is 1. The van der Waals surface area contributed by atoms with Crippen molar-refractivity contribution in [3.63, 3.8) is 0 Å². The van der Waals surface area contributed by atoms with Gasteiger partial charge in [0.15, 0.2) is 0 Å². The van der Waals surface area contributed by atoms with Gasteiger partial charge in [0, 0.05) is 31.5 Å². The Morgan fingerprint density at radius 3 is 3.10 bits per heavy atom. The van der Waals surface area contributed by atoms with Crippen molar-refractivity contribution in [2.45, 2.75) is 18.9 Å². The van der Waals surface area contributed by atoms with Crippen LogP contribution < -0.4 is 5.32 Å². The highest BCUT2D eigenvalue weighted by atomic mass is 79.9. The molecule has 0 aliphatic carbocycles. The Morgan fingerprint density at radius 2 is 2.24 bits per heavy atom. The number of hydrogen-bond acceptors (Lipinski definition) is 3. The first-order valence-corrected chi connectivity index (χ1v) is 8.14. The number of nitrogens with one attached hydrogen (secondary N) is 1. The zero-order valence-corrected chi connectivity index (χ0v) is 13.2. The third-order valence-electron chi connectivity index (χ3n) is 4.49. The van der Waals surface area contributed by atoms with Crippen molar-refractivity contribution in [2.24, 2.45) is 5.92 Å². The monoisotopic (exact) mass is 348 g/mol. The fraction of sp³-hybridized carbons (Fsp3) is 0.467. The topological polar surface area (TPSA) is 49.6 Å². The quantitative estimate of drug-likeness (QED) is 0.901. The third kappa shape index (κ3) is 2.58. The molecule has 2 aliphatic rings. The van der Waals surface area contributed by atoms with Gasteiger partial charge in [-0.15, -0.1) is 0 Å². The van der Waals surface area contributed by atoms with Crippen molar-refractivity contribution >= 4 is 27.5 Å². The SMILES string of the molecule is O=C(N[C@@H]1C[C@@H]2CCN(C2)C1)c1ccc2nc(Br)cn2c1. The minimum Gasteiger partial charge on any atom is -0.348 e. The van der Waals surface area contributed by atoms with E-state index >= 15 is 0 Å². The second-order valence-electron chi connectivity index (χ2n) is 6.07. The predicted molar refractivity (Wildman–Crippen MR) is 83.3 cm³/mol. The Bertz CT molecular complexity index is 686. The van der Waals surface area contributed by atoms with Gasteiger partial charge >= 0.3 is 0 Å². The lowest BCUT2D eigenvalue weighted by molar-refractivity contribution is 0.0909. The summed E-state index contributed by atoms with van der Waals surface area (Å²) in [6.07, 6.45) is 6.08. The summed E-state index contributed by atoms with van der Waals surface area (Å²) in [5.41, 5.74) is 1.51. The molecular formula is C15H17BrN4O. The van der Waals surface area contributed by atoms with Gasteiger partial charge in [0.2, 0.25) is 0 Å². The molecule has 0 aromatic carbocycles. The molecule has 2 fully saturated rings. The number of halogens is 1. The second kappa shape index (κ2) is 5.10. The lowest BCUT2D eigenvalue weighted by Gasteiger charge is -2.30. The number of carbonyl (C=O) groups is 1. The summed E-state index contributed by atoms with van der Waals surface area (Å²) < 4.78 is 2.64. The van der Waals surface area contributed by atoms with Crippen LogP contribution >= 0.6 is 15.9 Å². The van der Waals surface area contributed by atoms with Crippen LogP contribution in [-0.4, -0.2) is 45.9 Å². The van der Waals surface area contributed by atoms with Crippen molar-refractivity contribution in [3.05, 3.63) is 34.7 Å². The first-order valence-electron chi connectivity index (χ1n) is 7.35.